The second-order valence-electron chi connectivity index (χ2n) is 7.68. The van der Waals surface area contributed by atoms with Gasteiger partial charge < -0.3 is 9.47 Å². The van der Waals surface area contributed by atoms with Gasteiger partial charge in [-0.1, -0.05) is 48.7 Å². The van der Waals surface area contributed by atoms with Gasteiger partial charge in [0.15, 0.2) is 5.78 Å². The molecule has 0 N–H and O–H groups in total. The third-order valence-corrected chi connectivity index (χ3v) is 7.24. The lowest BCUT2D eigenvalue weighted by Gasteiger charge is -2.45. The second-order valence-corrected chi connectivity index (χ2v) is 9.26. The molecule has 1 aliphatic heterocycles. The molecule has 0 saturated carbocycles. The van der Waals surface area contributed by atoms with Crippen molar-refractivity contribution in [1.29, 1.82) is 0 Å². The van der Waals surface area contributed by atoms with E-state index in [-0.39, 0.29) is 12.2 Å². The quantitative estimate of drug-likeness (QED) is 0.270. The number of nitrogens with zero attached hydrogens (tertiary/aromatic N) is 2. The number of hydrogen-bond donors (Lipinski definition) is 1. The third kappa shape index (κ3) is 4.53. The van der Waals surface area contributed by atoms with Crippen molar-refractivity contribution >= 4 is 47.4 Å². The van der Waals surface area contributed by atoms with Crippen molar-refractivity contribution in [2.75, 3.05) is 20.3 Å². The van der Waals surface area contributed by atoms with E-state index in [1.54, 1.807) is 49.6 Å². The van der Waals surface area contributed by atoms with Gasteiger partial charge in [0.25, 0.3) is 0 Å². The zero-order chi connectivity index (χ0) is 23.4. The molecule has 1 aliphatic rings. The molecule has 9 heteroatoms. The van der Waals surface area contributed by atoms with Crippen LogP contribution in [0.5, 0.6) is 5.88 Å². The van der Waals surface area contributed by atoms with Crippen molar-refractivity contribution < 1.29 is 19.1 Å². The van der Waals surface area contributed by atoms with E-state index in [0.29, 0.717) is 41.8 Å². The van der Waals surface area contributed by atoms with Crippen molar-refractivity contribution in [2.24, 2.45) is 0 Å². The van der Waals surface area contributed by atoms with Gasteiger partial charge in [0.05, 0.1) is 12.3 Å². The first-order chi connectivity index (χ1) is 16.0. The minimum Gasteiger partial charge on any atom is -0.478 e. The molecule has 1 fully saturated rings. The molecule has 1 saturated heterocycles. The summed E-state index contributed by atoms with van der Waals surface area (Å²) in [6, 6.07) is 14.1. The molecule has 3 aromatic rings. The van der Waals surface area contributed by atoms with Crippen molar-refractivity contribution in [3.8, 4) is 5.88 Å². The van der Waals surface area contributed by atoms with E-state index in [9.17, 15) is 9.59 Å². The number of carbonyl (C=O) groups is 2. The van der Waals surface area contributed by atoms with Crippen LogP contribution in [-0.2, 0) is 19.9 Å². The summed E-state index contributed by atoms with van der Waals surface area (Å²) in [6.07, 6.45) is 0.724. The molecule has 0 aliphatic carbocycles. The number of rotatable bonds is 8. The lowest BCUT2D eigenvalue weighted by Crippen LogP contribution is -2.54. The molecular formula is C24H23ClN2O4S2. The van der Waals surface area contributed by atoms with Crippen LogP contribution in [-0.4, -0.2) is 41.3 Å². The highest BCUT2D eigenvalue weighted by Crippen LogP contribution is 2.48. The molecule has 0 spiro atoms. The predicted molar refractivity (Wildman–Crippen MR) is 131 cm³/mol. The average molecular weight is 503 g/mol. The van der Waals surface area contributed by atoms with Gasteiger partial charge in [0.2, 0.25) is 11.8 Å². The monoisotopic (exact) mass is 502 g/mol. The largest absolute Gasteiger partial charge is 0.478 e. The van der Waals surface area contributed by atoms with Gasteiger partial charge in [-0.3, -0.25) is 13.9 Å². The molecule has 2 unspecified atom stereocenters. The molecular weight excluding hydrogens is 480 g/mol. The molecule has 1 amide bonds. The van der Waals surface area contributed by atoms with Crippen LogP contribution in [0.25, 0.3) is 0 Å². The van der Waals surface area contributed by atoms with E-state index in [1.807, 2.05) is 16.8 Å². The van der Waals surface area contributed by atoms with Crippen molar-refractivity contribution in [2.45, 2.75) is 24.3 Å². The van der Waals surface area contributed by atoms with Gasteiger partial charge >= 0.3 is 0 Å². The molecule has 3 heterocycles. The fraction of sp³-hybridized carbons (Fsp3) is 0.292. The minimum atomic E-state index is -1.17. The Balaban J connectivity index is 1.74. The van der Waals surface area contributed by atoms with E-state index in [0.717, 1.165) is 5.56 Å². The Hall–Kier alpha value is -2.39. The molecule has 2 aromatic heterocycles. The molecule has 2 atom stereocenters. The fourth-order valence-electron chi connectivity index (χ4n) is 4.07. The van der Waals surface area contributed by atoms with Crippen LogP contribution in [0, 0.1) is 0 Å². The molecule has 6 nitrogen and oxygen atoms in total. The van der Waals surface area contributed by atoms with Crippen LogP contribution in [0.4, 0.5) is 0 Å². The number of thiophene rings is 1. The first-order valence-electron chi connectivity index (χ1n) is 10.4. The lowest BCUT2D eigenvalue weighted by atomic mass is 9.75. The van der Waals surface area contributed by atoms with Crippen molar-refractivity contribution in [3.05, 3.63) is 81.1 Å². The van der Waals surface area contributed by atoms with Crippen molar-refractivity contribution in [3.63, 3.8) is 0 Å². The maximum absolute atomic E-state index is 13.6. The van der Waals surface area contributed by atoms with E-state index in [1.165, 1.54) is 15.6 Å². The van der Waals surface area contributed by atoms with E-state index >= 15 is 0 Å². The zero-order valence-corrected chi connectivity index (χ0v) is 20.4. The van der Waals surface area contributed by atoms with Gasteiger partial charge in [0.1, 0.15) is 11.5 Å². The highest BCUT2D eigenvalue weighted by molar-refractivity contribution is 7.78. The standard InChI is InChI=1S/C24H23ClN2O4S2/c1-30-11-5-12-31-21-9-4-8-20(26-21)24(16-10-13-33-15-16)14-19(28)22(23(29)27(24)32)17-6-2-3-7-18(17)25/h2-4,6-10,13,15,22,32H,5,11-12,14H2,1H3. The van der Waals surface area contributed by atoms with Gasteiger partial charge in [-0.05, 0) is 40.1 Å². The van der Waals surface area contributed by atoms with Crippen LogP contribution in [0.3, 0.4) is 0 Å². The number of thiol groups is 1. The number of amides is 1. The third-order valence-electron chi connectivity index (χ3n) is 5.67. The highest BCUT2D eigenvalue weighted by Gasteiger charge is 2.53. The molecule has 0 bridgehead atoms. The fourth-order valence-corrected chi connectivity index (χ4v) is 5.44. The number of piperidine rings is 1. The summed E-state index contributed by atoms with van der Waals surface area (Å²) in [4.78, 5) is 31.8. The number of pyridine rings is 1. The number of hydrogen-bond acceptors (Lipinski definition) is 7. The smallest absolute Gasteiger partial charge is 0.248 e. The number of aromatic nitrogens is 1. The maximum atomic E-state index is 13.6. The van der Waals surface area contributed by atoms with Crippen LogP contribution >= 0.6 is 35.8 Å². The first kappa shape index (κ1) is 23.8. The normalized spacial score (nSPS) is 20.8. The summed E-state index contributed by atoms with van der Waals surface area (Å²) in [5.74, 6) is -1.29. The summed E-state index contributed by atoms with van der Waals surface area (Å²) in [6.45, 7) is 1.02. The number of carbonyl (C=O) groups excluding carboxylic acids is 2. The highest BCUT2D eigenvalue weighted by atomic mass is 35.5. The van der Waals surface area contributed by atoms with Crippen LogP contribution < -0.4 is 4.74 Å². The molecule has 33 heavy (non-hydrogen) atoms. The Kier molecular flexibility index (Phi) is 7.38. The summed E-state index contributed by atoms with van der Waals surface area (Å²) < 4.78 is 12.2. The first-order valence-corrected chi connectivity index (χ1v) is 12.1. The van der Waals surface area contributed by atoms with Gasteiger partial charge in [-0.15, -0.1) is 0 Å². The molecule has 4 rings (SSSR count). The predicted octanol–water partition coefficient (Wildman–Crippen LogP) is 4.89. The molecule has 1 aromatic carbocycles. The zero-order valence-electron chi connectivity index (χ0n) is 17.9. The Morgan fingerprint density at radius 3 is 2.73 bits per heavy atom. The minimum absolute atomic E-state index is 0.00892. The SMILES string of the molecule is COCCCOc1cccc(C2(c3ccsc3)CC(=O)C(c3ccccc3Cl)C(=O)N2S)n1. The summed E-state index contributed by atoms with van der Waals surface area (Å²) >= 11 is 12.5. The topological polar surface area (TPSA) is 68.7 Å². The number of Topliss-reactive ketones (excluding diaryl/α,β-unsaturated/α-hetero) is 1. The van der Waals surface area contributed by atoms with Crippen LogP contribution in [0.1, 0.15) is 35.6 Å². The number of methoxy groups -OCH3 is 1. The maximum Gasteiger partial charge on any atom is 0.248 e. The number of ether oxygens (including phenoxy) is 2. The Bertz CT molecular complexity index is 1140. The summed E-state index contributed by atoms with van der Waals surface area (Å²) in [5, 5.41) is 4.19. The average Bonchev–Trinajstić information content (AvgIpc) is 3.36. The Labute approximate surface area is 207 Å². The van der Waals surface area contributed by atoms with Gasteiger partial charge in [-0.2, -0.15) is 11.3 Å². The second kappa shape index (κ2) is 10.3. The van der Waals surface area contributed by atoms with E-state index in [2.05, 4.69) is 17.8 Å². The van der Waals surface area contributed by atoms with Gasteiger partial charge in [0, 0.05) is 37.6 Å². The molecule has 0 radical (unpaired) electrons. The van der Waals surface area contributed by atoms with Crippen LogP contribution in [0.15, 0.2) is 59.3 Å². The van der Waals surface area contributed by atoms with E-state index < -0.39 is 17.4 Å². The Morgan fingerprint density at radius 2 is 2.00 bits per heavy atom. The van der Waals surface area contributed by atoms with Gasteiger partial charge in [-0.25, -0.2) is 4.98 Å². The van der Waals surface area contributed by atoms with E-state index in [4.69, 9.17) is 21.1 Å². The van der Waals surface area contributed by atoms with Crippen LogP contribution in [0.2, 0.25) is 5.02 Å². The molecule has 172 valence electrons. The van der Waals surface area contributed by atoms with Crippen molar-refractivity contribution in [1.82, 2.24) is 9.29 Å². The lowest BCUT2D eigenvalue weighted by molar-refractivity contribution is -0.142. The number of halogens is 1. The number of benzene rings is 1. The summed E-state index contributed by atoms with van der Waals surface area (Å²) in [5.41, 5.74) is 0.599. The Morgan fingerprint density at radius 1 is 1.18 bits per heavy atom. The number of ketones is 1. The summed E-state index contributed by atoms with van der Waals surface area (Å²) in [7, 11) is 1.64.